The van der Waals surface area contributed by atoms with Crippen LogP contribution in [0.5, 0.6) is 0 Å². The van der Waals surface area contributed by atoms with E-state index in [1.165, 1.54) is 31.0 Å². The van der Waals surface area contributed by atoms with Crippen molar-refractivity contribution in [3.63, 3.8) is 0 Å². The van der Waals surface area contributed by atoms with Gasteiger partial charge >= 0.3 is 0 Å². The summed E-state index contributed by atoms with van der Waals surface area (Å²) in [5.41, 5.74) is 3.38. The first kappa shape index (κ1) is 18.5. The van der Waals surface area contributed by atoms with E-state index in [1.54, 1.807) is 11.1 Å². The zero-order valence-corrected chi connectivity index (χ0v) is 16.5. The van der Waals surface area contributed by atoms with Crippen molar-refractivity contribution in [2.75, 3.05) is 6.61 Å². The van der Waals surface area contributed by atoms with Crippen LogP contribution in [-0.2, 0) is 4.43 Å². The van der Waals surface area contributed by atoms with E-state index in [-0.39, 0.29) is 5.41 Å². The summed E-state index contributed by atoms with van der Waals surface area (Å²) in [6, 6.07) is 3.75. The molecule has 0 unspecified atom stereocenters. The van der Waals surface area contributed by atoms with E-state index in [9.17, 15) is 0 Å². The van der Waals surface area contributed by atoms with Gasteiger partial charge in [0.1, 0.15) is 0 Å². The number of hydrogen-bond acceptors (Lipinski definition) is 1. The Kier molecular flexibility index (Phi) is 6.67. The van der Waals surface area contributed by atoms with Crippen molar-refractivity contribution < 1.29 is 4.43 Å². The first-order chi connectivity index (χ1) is 11.1. The maximum atomic E-state index is 6.47. The van der Waals surface area contributed by atoms with E-state index >= 15 is 0 Å². The van der Waals surface area contributed by atoms with E-state index in [4.69, 9.17) is 4.43 Å². The Balaban J connectivity index is 1.95. The highest BCUT2D eigenvalue weighted by Crippen LogP contribution is 2.45. The summed E-state index contributed by atoms with van der Waals surface area (Å²) >= 11 is 0. The molecule has 0 bridgehead atoms. The molecule has 0 aromatic rings. The number of hydrogen-bond donors (Lipinski definition) is 0. The average Bonchev–Trinajstić information content (AvgIpc) is 3.29. The van der Waals surface area contributed by atoms with Crippen molar-refractivity contribution in [3.05, 3.63) is 47.6 Å². The standard InChI is InChI=1S/C21H34OSi/c1-5-23(6-2,7-3)22-18-12-17-21(4,19-13-8-9-14-19)20-15-10-11-16-20/h8-11,13,15H,5-7,12,14,16-18H2,1-4H3. The zero-order valence-electron chi connectivity index (χ0n) is 15.5. The number of allylic oxidation sites excluding steroid dienone is 8. The van der Waals surface area contributed by atoms with Crippen LogP contribution >= 0.6 is 0 Å². The molecule has 0 amide bonds. The van der Waals surface area contributed by atoms with Crippen LogP contribution in [0.2, 0.25) is 18.1 Å². The van der Waals surface area contributed by atoms with Crippen molar-refractivity contribution in [1.82, 2.24) is 0 Å². The van der Waals surface area contributed by atoms with Gasteiger partial charge in [-0.15, -0.1) is 0 Å². The highest BCUT2D eigenvalue weighted by Gasteiger charge is 2.33. The van der Waals surface area contributed by atoms with Crippen molar-refractivity contribution >= 4 is 8.32 Å². The molecule has 0 atom stereocenters. The fourth-order valence-electron chi connectivity index (χ4n) is 4.01. The topological polar surface area (TPSA) is 9.23 Å². The summed E-state index contributed by atoms with van der Waals surface area (Å²) in [6.45, 7) is 10.3. The molecule has 1 nitrogen and oxygen atoms in total. The molecule has 2 heteroatoms. The number of rotatable bonds is 10. The molecular weight excluding hydrogens is 296 g/mol. The van der Waals surface area contributed by atoms with Crippen molar-refractivity contribution in [2.45, 2.75) is 71.5 Å². The van der Waals surface area contributed by atoms with Gasteiger partial charge in [-0.05, 0) is 43.8 Å². The van der Waals surface area contributed by atoms with Crippen LogP contribution in [0.1, 0.15) is 53.4 Å². The Morgan fingerprint density at radius 1 is 0.957 bits per heavy atom. The van der Waals surface area contributed by atoms with Crippen molar-refractivity contribution in [2.24, 2.45) is 5.41 Å². The van der Waals surface area contributed by atoms with Gasteiger partial charge in [-0.2, -0.15) is 0 Å². The van der Waals surface area contributed by atoms with Gasteiger partial charge in [0.15, 0.2) is 8.32 Å². The van der Waals surface area contributed by atoms with Gasteiger partial charge in [-0.25, -0.2) is 0 Å². The molecule has 0 saturated heterocycles. The van der Waals surface area contributed by atoms with Gasteiger partial charge in [0.25, 0.3) is 0 Å². The lowest BCUT2D eigenvalue weighted by molar-refractivity contribution is 0.267. The summed E-state index contributed by atoms with van der Waals surface area (Å²) in [5, 5.41) is 0. The van der Waals surface area contributed by atoms with E-state index in [1.807, 2.05) is 0 Å². The molecule has 0 N–H and O–H groups in total. The minimum Gasteiger partial charge on any atom is -0.417 e. The fraction of sp³-hybridized carbons (Fsp3) is 0.619. The molecule has 23 heavy (non-hydrogen) atoms. The Morgan fingerprint density at radius 2 is 1.48 bits per heavy atom. The van der Waals surface area contributed by atoms with E-state index in [2.05, 4.69) is 64.2 Å². The summed E-state index contributed by atoms with van der Waals surface area (Å²) in [4.78, 5) is 0. The summed E-state index contributed by atoms with van der Waals surface area (Å²) in [6.07, 6.45) is 18.3. The molecule has 0 heterocycles. The Hall–Kier alpha value is -0.863. The van der Waals surface area contributed by atoms with Gasteiger partial charge in [-0.3, -0.25) is 0 Å². The molecular formula is C21H34OSi. The van der Waals surface area contributed by atoms with Gasteiger partial charge in [0.2, 0.25) is 0 Å². The van der Waals surface area contributed by atoms with E-state index < -0.39 is 8.32 Å². The second-order valence-corrected chi connectivity index (χ2v) is 12.0. The quantitative estimate of drug-likeness (QED) is 0.325. The molecule has 0 saturated carbocycles. The van der Waals surface area contributed by atoms with Crippen molar-refractivity contribution in [1.29, 1.82) is 0 Å². The largest absolute Gasteiger partial charge is 0.417 e. The van der Waals surface area contributed by atoms with Crippen LogP contribution in [0.15, 0.2) is 47.6 Å². The lowest BCUT2D eigenvalue weighted by atomic mass is 9.71. The van der Waals surface area contributed by atoms with Crippen LogP contribution in [0.25, 0.3) is 0 Å². The van der Waals surface area contributed by atoms with Crippen LogP contribution in [-0.4, -0.2) is 14.9 Å². The maximum Gasteiger partial charge on any atom is 0.191 e. The molecule has 2 aliphatic carbocycles. The molecule has 2 aliphatic rings. The minimum atomic E-state index is -1.43. The Morgan fingerprint density at radius 3 is 1.87 bits per heavy atom. The summed E-state index contributed by atoms with van der Waals surface area (Å²) in [5.74, 6) is 0. The second kappa shape index (κ2) is 8.30. The summed E-state index contributed by atoms with van der Waals surface area (Å²) < 4.78 is 6.47. The SMILES string of the molecule is CC[Si](CC)(CC)OCCCC(C)(C1=CC=CC1)C1=CC=CC1. The molecule has 2 rings (SSSR count). The van der Waals surface area contributed by atoms with Crippen LogP contribution < -0.4 is 0 Å². The van der Waals surface area contributed by atoms with E-state index in [0.29, 0.717) is 0 Å². The highest BCUT2D eigenvalue weighted by atomic mass is 28.4. The van der Waals surface area contributed by atoms with Crippen LogP contribution in [0, 0.1) is 5.41 Å². The molecule has 0 aliphatic heterocycles. The third kappa shape index (κ3) is 4.16. The molecule has 128 valence electrons. The van der Waals surface area contributed by atoms with Gasteiger partial charge in [0, 0.05) is 12.0 Å². The maximum absolute atomic E-state index is 6.47. The molecule has 0 radical (unpaired) electrons. The predicted molar refractivity (Wildman–Crippen MR) is 104 cm³/mol. The lowest BCUT2D eigenvalue weighted by Gasteiger charge is -2.34. The summed E-state index contributed by atoms with van der Waals surface area (Å²) in [7, 11) is -1.43. The molecule has 0 aromatic carbocycles. The average molecular weight is 331 g/mol. The van der Waals surface area contributed by atoms with Crippen molar-refractivity contribution in [3.8, 4) is 0 Å². The first-order valence-electron chi connectivity index (χ1n) is 9.46. The fourth-order valence-corrected chi connectivity index (χ4v) is 6.70. The van der Waals surface area contributed by atoms with Crippen LogP contribution in [0.3, 0.4) is 0 Å². The zero-order chi connectivity index (χ0) is 16.8. The lowest BCUT2D eigenvalue weighted by Crippen LogP contribution is -2.36. The Bertz CT molecular complexity index is 468. The molecule has 0 fully saturated rings. The highest BCUT2D eigenvalue weighted by molar-refractivity contribution is 6.73. The Labute approximate surface area is 144 Å². The van der Waals surface area contributed by atoms with Gasteiger partial charge in [0.05, 0.1) is 0 Å². The van der Waals surface area contributed by atoms with Gasteiger partial charge in [-0.1, -0.05) is 75.3 Å². The molecule has 0 spiro atoms. The second-order valence-electron chi connectivity index (χ2n) is 7.18. The van der Waals surface area contributed by atoms with Crippen LogP contribution in [0.4, 0.5) is 0 Å². The van der Waals surface area contributed by atoms with Gasteiger partial charge < -0.3 is 4.43 Å². The monoisotopic (exact) mass is 330 g/mol. The van der Waals surface area contributed by atoms with E-state index in [0.717, 1.165) is 19.4 Å². The third-order valence-electron chi connectivity index (χ3n) is 6.12. The normalized spacial score (nSPS) is 17.7. The minimum absolute atomic E-state index is 0.214. The third-order valence-corrected chi connectivity index (χ3v) is 10.8. The molecule has 0 aromatic heterocycles. The predicted octanol–water partition coefficient (Wildman–Crippen LogP) is 6.57. The smallest absolute Gasteiger partial charge is 0.191 e. The first-order valence-corrected chi connectivity index (χ1v) is 12.0.